The summed E-state index contributed by atoms with van der Waals surface area (Å²) in [5.74, 6) is 0. The van der Waals surface area contributed by atoms with Gasteiger partial charge < -0.3 is 10.6 Å². The molecule has 4 heteroatoms. The minimum atomic E-state index is 0.557. The van der Waals surface area contributed by atoms with E-state index in [1.54, 1.807) is 0 Å². The number of nitrogens with two attached hydrogens (primary N) is 1. The molecule has 1 aliphatic heterocycles. The molecule has 0 atom stereocenters. The SMILES string of the molecule is CN1CCN(Cc2ccc(CC(N)=S)cc2)CC1. The first kappa shape index (κ1) is 13.5. The zero-order chi connectivity index (χ0) is 13.0. The van der Waals surface area contributed by atoms with Gasteiger partial charge in [0.1, 0.15) is 0 Å². The van der Waals surface area contributed by atoms with E-state index in [9.17, 15) is 0 Å². The van der Waals surface area contributed by atoms with E-state index in [0.29, 0.717) is 11.4 Å². The lowest BCUT2D eigenvalue weighted by atomic mass is 10.1. The molecular formula is C14H21N3S. The Labute approximate surface area is 115 Å². The molecular weight excluding hydrogens is 242 g/mol. The van der Waals surface area contributed by atoms with Crippen molar-refractivity contribution in [3.8, 4) is 0 Å². The molecule has 1 aromatic carbocycles. The van der Waals surface area contributed by atoms with Gasteiger partial charge in [-0.3, -0.25) is 4.90 Å². The standard InChI is InChI=1S/C14H21N3S/c1-16-6-8-17(9-7-16)11-13-4-2-12(3-5-13)10-14(15)18/h2-5H,6-11H2,1H3,(H2,15,18). The first-order chi connectivity index (χ1) is 8.63. The van der Waals surface area contributed by atoms with Crippen molar-refractivity contribution >= 4 is 17.2 Å². The van der Waals surface area contributed by atoms with Crippen molar-refractivity contribution in [2.75, 3.05) is 33.2 Å². The lowest BCUT2D eigenvalue weighted by Gasteiger charge is -2.32. The Bertz CT molecular complexity index is 394. The van der Waals surface area contributed by atoms with Crippen molar-refractivity contribution < 1.29 is 0 Å². The molecule has 18 heavy (non-hydrogen) atoms. The lowest BCUT2D eigenvalue weighted by Crippen LogP contribution is -2.43. The molecule has 0 radical (unpaired) electrons. The molecule has 1 fully saturated rings. The van der Waals surface area contributed by atoms with E-state index < -0.39 is 0 Å². The number of hydrogen-bond acceptors (Lipinski definition) is 3. The second-order valence-electron chi connectivity index (χ2n) is 5.04. The van der Waals surface area contributed by atoms with Crippen molar-refractivity contribution in [2.45, 2.75) is 13.0 Å². The second kappa shape index (κ2) is 6.27. The van der Waals surface area contributed by atoms with Crippen molar-refractivity contribution in [1.29, 1.82) is 0 Å². The van der Waals surface area contributed by atoms with E-state index in [-0.39, 0.29) is 0 Å². The average Bonchev–Trinajstić information content (AvgIpc) is 2.34. The normalized spacial score (nSPS) is 17.8. The summed E-state index contributed by atoms with van der Waals surface area (Å²) in [5, 5.41) is 0. The minimum Gasteiger partial charge on any atom is -0.393 e. The van der Waals surface area contributed by atoms with Crippen molar-refractivity contribution in [1.82, 2.24) is 9.80 Å². The molecule has 0 amide bonds. The quantitative estimate of drug-likeness (QED) is 0.829. The molecule has 0 saturated carbocycles. The number of nitrogens with zero attached hydrogens (tertiary/aromatic N) is 2. The molecule has 2 rings (SSSR count). The van der Waals surface area contributed by atoms with E-state index in [1.165, 1.54) is 24.2 Å². The molecule has 1 aromatic rings. The maximum absolute atomic E-state index is 5.54. The monoisotopic (exact) mass is 263 g/mol. The van der Waals surface area contributed by atoms with Gasteiger partial charge >= 0.3 is 0 Å². The molecule has 0 spiro atoms. The summed E-state index contributed by atoms with van der Waals surface area (Å²) in [6.45, 7) is 5.69. The molecule has 3 nitrogen and oxygen atoms in total. The van der Waals surface area contributed by atoms with Crippen molar-refractivity contribution in [3.05, 3.63) is 35.4 Å². The molecule has 1 saturated heterocycles. The largest absolute Gasteiger partial charge is 0.393 e. The third-order valence-electron chi connectivity index (χ3n) is 3.40. The topological polar surface area (TPSA) is 32.5 Å². The van der Waals surface area contributed by atoms with Gasteiger partial charge in [-0.15, -0.1) is 0 Å². The van der Waals surface area contributed by atoms with Crippen LogP contribution < -0.4 is 5.73 Å². The molecule has 0 unspecified atom stereocenters. The second-order valence-corrected chi connectivity index (χ2v) is 5.56. The smallest absolute Gasteiger partial charge is 0.0771 e. The van der Waals surface area contributed by atoms with Crippen LogP contribution in [0.5, 0.6) is 0 Å². The zero-order valence-corrected chi connectivity index (χ0v) is 11.7. The average molecular weight is 263 g/mol. The molecule has 2 N–H and O–H groups in total. The van der Waals surface area contributed by atoms with Crippen LogP contribution in [0.25, 0.3) is 0 Å². The molecule has 0 bridgehead atoms. The van der Waals surface area contributed by atoms with Crippen LogP contribution >= 0.6 is 12.2 Å². The fourth-order valence-electron chi connectivity index (χ4n) is 2.23. The number of thiocarbonyl (C=S) groups is 1. The summed E-state index contributed by atoms with van der Waals surface area (Å²) in [4.78, 5) is 5.44. The van der Waals surface area contributed by atoms with Crippen LogP contribution in [0, 0.1) is 0 Å². The van der Waals surface area contributed by atoms with Gasteiger partial charge in [-0.25, -0.2) is 0 Å². The van der Waals surface area contributed by atoms with Gasteiger partial charge in [-0.1, -0.05) is 36.5 Å². The van der Waals surface area contributed by atoms with Gasteiger partial charge in [0.05, 0.1) is 4.99 Å². The highest BCUT2D eigenvalue weighted by molar-refractivity contribution is 7.80. The molecule has 1 heterocycles. The van der Waals surface area contributed by atoms with Gasteiger partial charge in [0.15, 0.2) is 0 Å². The molecule has 98 valence electrons. The fourth-order valence-corrected chi connectivity index (χ4v) is 2.39. The zero-order valence-electron chi connectivity index (χ0n) is 10.9. The Kier molecular flexibility index (Phi) is 4.69. The Morgan fingerprint density at radius 3 is 2.22 bits per heavy atom. The van der Waals surface area contributed by atoms with Crippen LogP contribution in [0.4, 0.5) is 0 Å². The number of rotatable bonds is 4. The third kappa shape index (κ3) is 4.05. The van der Waals surface area contributed by atoms with Gasteiger partial charge in [0, 0.05) is 39.1 Å². The Balaban J connectivity index is 1.88. The maximum atomic E-state index is 5.54. The summed E-state index contributed by atoms with van der Waals surface area (Å²) in [6, 6.07) is 8.63. The molecule has 1 aliphatic rings. The van der Waals surface area contributed by atoms with Gasteiger partial charge in [-0.05, 0) is 18.2 Å². The van der Waals surface area contributed by atoms with Crippen LogP contribution in [0.3, 0.4) is 0 Å². The minimum absolute atomic E-state index is 0.557. The Morgan fingerprint density at radius 2 is 1.67 bits per heavy atom. The van der Waals surface area contributed by atoms with Gasteiger partial charge in [0.2, 0.25) is 0 Å². The molecule has 0 aliphatic carbocycles. The van der Waals surface area contributed by atoms with Gasteiger partial charge in [0.25, 0.3) is 0 Å². The highest BCUT2D eigenvalue weighted by atomic mass is 32.1. The number of likely N-dealkylation sites (N-methyl/N-ethyl adjacent to an activating group) is 1. The van der Waals surface area contributed by atoms with Crippen LogP contribution in [-0.4, -0.2) is 48.0 Å². The maximum Gasteiger partial charge on any atom is 0.0771 e. The summed E-state index contributed by atoms with van der Waals surface area (Å²) in [6.07, 6.45) is 0.699. The predicted molar refractivity (Wildman–Crippen MR) is 79.7 cm³/mol. The number of benzene rings is 1. The summed E-state index contributed by atoms with van der Waals surface area (Å²) in [5.41, 5.74) is 8.11. The highest BCUT2D eigenvalue weighted by Crippen LogP contribution is 2.10. The van der Waals surface area contributed by atoms with Crippen molar-refractivity contribution in [2.24, 2.45) is 5.73 Å². The van der Waals surface area contributed by atoms with E-state index in [0.717, 1.165) is 19.6 Å². The lowest BCUT2D eigenvalue weighted by molar-refractivity contribution is 0.148. The van der Waals surface area contributed by atoms with Crippen LogP contribution in [0.15, 0.2) is 24.3 Å². The van der Waals surface area contributed by atoms with E-state index in [2.05, 4.69) is 41.1 Å². The summed E-state index contributed by atoms with van der Waals surface area (Å²) in [7, 11) is 2.18. The Morgan fingerprint density at radius 1 is 1.11 bits per heavy atom. The number of piperazine rings is 1. The van der Waals surface area contributed by atoms with Crippen LogP contribution in [0.2, 0.25) is 0 Å². The summed E-state index contributed by atoms with van der Waals surface area (Å²) < 4.78 is 0. The van der Waals surface area contributed by atoms with Gasteiger partial charge in [-0.2, -0.15) is 0 Å². The first-order valence-electron chi connectivity index (χ1n) is 6.40. The highest BCUT2D eigenvalue weighted by Gasteiger charge is 2.13. The predicted octanol–water partition coefficient (Wildman–Crippen LogP) is 1.26. The number of hydrogen-bond donors (Lipinski definition) is 1. The Hall–Kier alpha value is -0.970. The first-order valence-corrected chi connectivity index (χ1v) is 6.81. The summed E-state index contributed by atoms with van der Waals surface area (Å²) >= 11 is 4.92. The van der Waals surface area contributed by atoms with Crippen molar-refractivity contribution in [3.63, 3.8) is 0 Å². The molecule has 0 aromatic heterocycles. The van der Waals surface area contributed by atoms with E-state index >= 15 is 0 Å². The van der Waals surface area contributed by atoms with E-state index in [1.807, 2.05) is 0 Å². The fraction of sp³-hybridized carbons (Fsp3) is 0.500. The van der Waals surface area contributed by atoms with Crippen LogP contribution in [0.1, 0.15) is 11.1 Å². The third-order valence-corrected chi connectivity index (χ3v) is 3.55. The van der Waals surface area contributed by atoms with Crippen LogP contribution in [-0.2, 0) is 13.0 Å². The van der Waals surface area contributed by atoms with E-state index in [4.69, 9.17) is 18.0 Å².